The molecule has 0 amide bonds. The highest BCUT2D eigenvalue weighted by Gasteiger charge is 2.32. The summed E-state index contributed by atoms with van der Waals surface area (Å²) in [6.45, 7) is 1.38. The van der Waals surface area contributed by atoms with Crippen molar-refractivity contribution in [2.45, 2.75) is 25.9 Å². The van der Waals surface area contributed by atoms with Crippen LogP contribution in [0, 0.1) is 24.5 Å². The van der Waals surface area contributed by atoms with E-state index in [-0.39, 0.29) is 17.0 Å². The molecular formula is C11H12F2O. The Labute approximate surface area is 81.4 Å². The highest BCUT2D eigenvalue weighted by Crippen LogP contribution is 2.41. The molecule has 0 spiro atoms. The summed E-state index contributed by atoms with van der Waals surface area (Å²) in [4.78, 5) is 0. The summed E-state index contributed by atoms with van der Waals surface area (Å²) < 4.78 is 26.4. The van der Waals surface area contributed by atoms with Crippen LogP contribution in [0.15, 0.2) is 12.1 Å². The third kappa shape index (κ3) is 1.52. The van der Waals surface area contributed by atoms with Crippen LogP contribution in [-0.4, -0.2) is 5.11 Å². The monoisotopic (exact) mass is 198 g/mol. The average molecular weight is 198 g/mol. The van der Waals surface area contributed by atoms with Gasteiger partial charge >= 0.3 is 0 Å². The van der Waals surface area contributed by atoms with Crippen molar-refractivity contribution in [1.82, 2.24) is 0 Å². The fraction of sp³-hybridized carbons (Fsp3) is 0.455. The number of aliphatic hydroxyl groups is 1. The first-order chi connectivity index (χ1) is 6.61. The molecule has 14 heavy (non-hydrogen) atoms. The highest BCUT2D eigenvalue weighted by molar-refractivity contribution is 5.29. The Morgan fingerprint density at radius 1 is 1.36 bits per heavy atom. The lowest BCUT2D eigenvalue weighted by Crippen LogP contribution is -2.05. The quantitative estimate of drug-likeness (QED) is 0.774. The van der Waals surface area contributed by atoms with E-state index in [4.69, 9.17) is 0 Å². The van der Waals surface area contributed by atoms with E-state index in [1.807, 2.05) is 0 Å². The van der Waals surface area contributed by atoms with Crippen molar-refractivity contribution in [1.29, 1.82) is 0 Å². The van der Waals surface area contributed by atoms with Gasteiger partial charge in [-0.1, -0.05) is 6.07 Å². The van der Waals surface area contributed by atoms with Gasteiger partial charge in [-0.3, -0.25) is 0 Å². The van der Waals surface area contributed by atoms with Gasteiger partial charge in [0.1, 0.15) is 11.6 Å². The van der Waals surface area contributed by atoms with Gasteiger partial charge in [0.25, 0.3) is 0 Å². The average Bonchev–Trinajstić information content (AvgIpc) is 2.97. The zero-order valence-corrected chi connectivity index (χ0v) is 7.93. The molecule has 0 aromatic heterocycles. The number of aliphatic hydroxyl groups excluding tert-OH is 1. The number of rotatable bonds is 2. The van der Waals surface area contributed by atoms with Crippen LogP contribution in [0.25, 0.3) is 0 Å². The molecule has 1 fully saturated rings. The first kappa shape index (κ1) is 9.59. The summed E-state index contributed by atoms with van der Waals surface area (Å²) in [6, 6.07) is 2.54. The topological polar surface area (TPSA) is 20.2 Å². The van der Waals surface area contributed by atoms with E-state index in [0.29, 0.717) is 0 Å². The van der Waals surface area contributed by atoms with Crippen LogP contribution in [0.1, 0.15) is 30.1 Å². The van der Waals surface area contributed by atoms with Gasteiger partial charge in [-0.05, 0) is 31.7 Å². The summed E-state index contributed by atoms with van der Waals surface area (Å²) in [5, 5.41) is 9.69. The van der Waals surface area contributed by atoms with Crippen molar-refractivity contribution in [2.24, 2.45) is 5.92 Å². The zero-order valence-electron chi connectivity index (χ0n) is 7.93. The molecule has 1 atom stereocenters. The summed E-state index contributed by atoms with van der Waals surface area (Å²) in [6.07, 6.45) is 1.09. The van der Waals surface area contributed by atoms with Crippen molar-refractivity contribution in [3.8, 4) is 0 Å². The Balaban J connectivity index is 2.38. The Bertz CT molecular complexity index is 359. The van der Waals surface area contributed by atoms with Crippen LogP contribution in [0.4, 0.5) is 8.78 Å². The Morgan fingerprint density at radius 2 is 2.00 bits per heavy atom. The smallest absolute Gasteiger partial charge is 0.134 e. The summed E-state index contributed by atoms with van der Waals surface area (Å²) in [7, 11) is 0. The lowest BCUT2D eigenvalue weighted by atomic mass is 10.0. The maximum Gasteiger partial charge on any atom is 0.134 e. The first-order valence-electron chi connectivity index (χ1n) is 4.74. The highest BCUT2D eigenvalue weighted by atomic mass is 19.1. The lowest BCUT2D eigenvalue weighted by molar-refractivity contribution is 0.149. The summed E-state index contributed by atoms with van der Waals surface area (Å²) in [5.74, 6) is -1.01. The number of halogens is 2. The molecule has 1 nitrogen and oxygen atoms in total. The van der Waals surface area contributed by atoms with Gasteiger partial charge in [0.15, 0.2) is 0 Å². The van der Waals surface area contributed by atoms with Gasteiger partial charge in [0.05, 0.1) is 6.10 Å². The largest absolute Gasteiger partial charge is 0.388 e. The second kappa shape index (κ2) is 3.31. The third-order valence-corrected chi connectivity index (χ3v) is 2.74. The fourth-order valence-electron chi connectivity index (χ4n) is 1.58. The molecule has 0 bridgehead atoms. The molecule has 76 valence electrons. The van der Waals surface area contributed by atoms with Gasteiger partial charge in [-0.25, -0.2) is 8.78 Å². The predicted molar refractivity (Wildman–Crippen MR) is 48.8 cm³/mol. The minimum absolute atomic E-state index is 0.0119. The van der Waals surface area contributed by atoms with E-state index < -0.39 is 17.7 Å². The third-order valence-electron chi connectivity index (χ3n) is 2.74. The molecule has 1 N–H and O–H groups in total. The van der Waals surface area contributed by atoms with E-state index in [9.17, 15) is 13.9 Å². The maximum absolute atomic E-state index is 13.5. The van der Waals surface area contributed by atoms with Crippen LogP contribution < -0.4 is 0 Å². The molecule has 1 aliphatic rings. The Kier molecular flexibility index (Phi) is 2.27. The van der Waals surface area contributed by atoms with Crippen LogP contribution in [0.3, 0.4) is 0 Å². The second-order valence-electron chi connectivity index (χ2n) is 3.86. The van der Waals surface area contributed by atoms with Crippen molar-refractivity contribution in [2.75, 3.05) is 0 Å². The van der Waals surface area contributed by atoms with E-state index in [1.54, 1.807) is 0 Å². The van der Waals surface area contributed by atoms with E-state index >= 15 is 0 Å². The standard InChI is InChI=1S/C11H12F2O/c1-6-9(12)5-4-8(10(6)13)11(14)7-2-3-7/h4-5,7,11,14H,2-3H2,1H3. The minimum Gasteiger partial charge on any atom is -0.388 e. The Morgan fingerprint density at radius 3 is 2.57 bits per heavy atom. The van der Waals surface area contributed by atoms with Crippen LogP contribution in [-0.2, 0) is 0 Å². The number of benzene rings is 1. The number of hydrogen-bond donors (Lipinski definition) is 1. The Hall–Kier alpha value is -0.960. The zero-order chi connectivity index (χ0) is 10.3. The number of hydrogen-bond acceptors (Lipinski definition) is 1. The van der Waals surface area contributed by atoms with Crippen molar-refractivity contribution in [3.05, 3.63) is 34.9 Å². The SMILES string of the molecule is Cc1c(F)ccc(C(O)C2CC2)c1F. The molecule has 1 aliphatic carbocycles. The maximum atomic E-state index is 13.5. The lowest BCUT2D eigenvalue weighted by Gasteiger charge is -2.12. The van der Waals surface area contributed by atoms with Crippen molar-refractivity contribution >= 4 is 0 Å². The van der Waals surface area contributed by atoms with Crippen LogP contribution in [0.5, 0.6) is 0 Å². The molecule has 1 unspecified atom stereocenters. The molecule has 0 aliphatic heterocycles. The molecule has 1 saturated carbocycles. The molecular weight excluding hydrogens is 186 g/mol. The van der Waals surface area contributed by atoms with E-state index in [0.717, 1.165) is 12.8 Å². The minimum atomic E-state index is -0.769. The van der Waals surface area contributed by atoms with Crippen LogP contribution in [0.2, 0.25) is 0 Å². The van der Waals surface area contributed by atoms with Gasteiger partial charge in [-0.15, -0.1) is 0 Å². The molecule has 0 saturated heterocycles. The summed E-state index contributed by atoms with van der Waals surface area (Å²) >= 11 is 0. The van der Waals surface area contributed by atoms with Crippen molar-refractivity contribution in [3.63, 3.8) is 0 Å². The molecule has 1 aromatic rings. The molecule has 3 heteroatoms. The second-order valence-corrected chi connectivity index (χ2v) is 3.86. The van der Waals surface area contributed by atoms with Gasteiger partial charge < -0.3 is 5.11 Å². The summed E-state index contributed by atoms with van der Waals surface area (Å²) in [5.41, 5.74) is 0.216. The van der Waals surface area contributed by atoms with Gasteiger partial charge in [0, 0.05) is 11.1 Å². The molecule has 1 aromatic carbocycles. The normalized spacial score (nSPS) is 18.3. The molecule has 0 radical (unpaired) electrons. The van der Waals surface area contributed by atoms with E-state index in [2.05, 4.69) is 0 Å². The fourth-order valence-corrected chi connectivity index (χ4v) is 1.58. The predicted octanol–water partition coefficient (Wildman–Crippen LogP) is 2.72. The first-order valence-corrected chi connectivity index (χ1v) is 4.74. The van der Waals surface area contributed by atoms with Gasteiger partial charge in [-0.2, -0.15) is 0 Å². The van der Waals surface area contributed by atoms with Crippen LogP contribution >= 0.6 is 0 Å². The molecule has 2 rings (SSSR count). The molecule has 0 heterocycles. The van der Waals surface area contributed by atoms with Gasteiger partial charge in [0.2, 0.25) is 0 Å². The van der Waals surface area contributed by atoms with E-state index in [1.165, 1.54) is 19.1 Å². The van der Waals surface area contributed by atoms with Crippen molar-refractivity contribution < 1.29 is 13.9 Å².